The number of nitrogens with zero attached hydrogens (tertiary/aromatic N) is 1. The van der Waals surface area contributed by atoms with Gasteiger partial charge in [-0.2, -0.15) is 0 Å². The van der Waals surface area contributed by atoms with Crippen molar-refractivity contribution < 1.29 is 19.5 Å². The summed E-state index contributed by atoms with van der Waals surface area (Å²) in [6, 6.07) is 1.55. The largest absolute Gasteiger partial charge is 0.478 e. The van der Waals surface area contributed by atoms with Gasteiger partial charge in [-0.25, -0.2) is 9.69 Å². The molecule has 2 fully saturated rings. The fourth-order valence-corrected chi connectivity index (χ4v) is 3.40. The van der Waals surface area contributed by atoms with Crippen LogP contribution in [0.1, 0.15) is 28.6 Å². The number of carboxylic acid groups (broad SMARTS) is 1. The van der Waals surface area contributed by atoms with Gasteiger partial charge in [-0.15, -0.1) is 11.3 Å². The molecular weight excluding hydrogens is 254 g/mol. The summed E-state index contributed by atoms with van der Waals surface area (Å²) in [4.78, 5) is 37.0. The van der Waals surface area contributed by atoms with Gasteiger partial charge in [0.2, 0.25) is 11.8 Å². The number of aromatic carboxylic acids is 1. The first-order chi connectivity index (χ1) is 8.54. The second-order valence-corrected chi connectivity index (χ2v) is 5.67. The first kappa shape index (κ1) is 11.4. The zero-order valence-electron chi connectivity index (χ0n) is 9.67. The Morgan fingerprint density at radius 3 is 2.56 bits per heavy atom. The van der Waals surface area contributed by atoms with Crippen LogP contribution in [-0.4, -0.2) is 22.9 Å². The van der Waals surface area contributed by atoms with Crippen LogP contribution in [0.15, 0.2) is 6.07 Å². The van der Waals surface area contributed by atoms with E-state index >= 15 is 0 Å². The first-order valence-corrected chi connectivity index (χ1v) is 6.60. The van der Waals surface area contributed by atoms with Gasteiger partial charge in [0.05, 0.1) is 17.4 Å². The number of carbonyl (C=O) groups excluding carboxylic acids is 2. The summed E-state index contributed by atoms with van der Waals surface area (Å²) in [6.45, 7) is 1.91. The second kappa shape index (κ2) is 3.65. The number of aryl methyl sites for hydroxylation is 1. The number of fused-ring (bicyclic) bond motifs is 1. The predicted molar refractivity (Wildman–Crippen MR) is 64.7 cm³/mol. The number of hydrogen-bond acceptors (Lipinski definition) is 4. The van der Waals surface area contributed by atoms with Crippen LogP contribution in [0.4, 0.5) is 5.00 Å². The van der Waals surface area contributed by atoms with Gasteiger partial charge < -0.3 is 5.11 Å². The maximum atomic E-state index is 11.9. The van der Waals surface area contributed by atoms with Crippen molar-refractivity contribution in [3.05, 3.63) is 16.5 Å². The molecule has 1 aliphatic carbocycles. The van der Waals surface area contributed by atoms with Gasteiger partial charge in [0, 0.05) is 4.88 Å². The number of thiophene rings is 1. The van der Waals surface area contributed by atoms with E-state index in [0.29, 0.717) is 12.8 Å². The highest BCUT2D eigenvalue weighted by Crippen LogP contribution is 2.50. The minimum absolute atomic E-state index is 0.0554. The van der Waals surface area contributed by atoms with Crippen molar-refractivity contribution in [2.24, 2.45) is 11.8 Å². The average Bonchev–Trinajstić information content (AvgIpc) is 2.95. The quantitative estimate of drug-likeness (QED) is 0.841. The Bertz CT molecular complexity index is 557. The van der Waals surface area contributed by atoms with Gasteiger partial charge >= 0.3 is 5.97 Å². The maximum Gasteiger partial charge on any atom is 0.338 e. The van der Waals surface area contributed by atoms with Crippen molar-refractivity contribution >= 4 is 34.1 Å². The normalized spacial score (nSPS) is 25.5. The summed E-state index contributed by atoms with van der Waals surface area (Å²) < 4.78 is 0. The molecule has 2 aliphatic rings. The molecule has 0 radical (unpaired) electrons. The minimum atomic E-state index is -1.10. The molecule has 2 atom stereocenters. The molecule has 1 saturated heterocycles. The van der Waals surface area contributed by atoms with E-state index in [9.17, 15) is 14.4 Å². The molecule has 18 heavy (non-hydrogen) atoms. The SMILES string of the molecule is CCc1cc(C(=O)O)c(N2C(=O)C3CC3C2=O)s1. The molecule has 6 heteroatoms. The Morgan fingerprint density at radius 1 is 1.44 bits per heavy atom. The van der Waals surface area contributed by atoms with Crippen LogP contribution in [0, 0.1) is 11.8 Å². The van der Waals surface area contributed by atoms with Gasteiger partial charge in [0.25, 0.3) is 0 Å². The molecule has 3 rings (SSSR count). The Labute approximate surface area is 107 Å². The van der Waals surface area contributed by atoms with E-state index in [0.717, 1.165) is 9.78 Å². The molecule has 5 nitrogen and oxygen atoms in total. The van der Waals surface area contributed by atoms with Crippen molar-refractivity contribution in [1.29, 1.82) is 0 Å². The monoisotopic (exact) mass is 265 g/mol. The topological polar surface area (TPSA) is 74.7 Å². The van der Waals surface area contributed by atoms with E-state index < -0.39 is 5.97 Å². The number of carboxylic acids is 1. The van der Waals surface area contributed by atoms with Gasteiger partial charge in [0.1, 0.15) is 5.00 Å². The standard InChI is InChI=1S/C12H11NO4S/c1-2-5-3-8(12(16)17)11(18-5)13-9(14)6-4-7(6)10(13)15/h3,6-7H,2,4H2,1H3,(H,16,17). The first-order valence-electron chi connectivity index (χ1n) is 5.78. The van der Waals surface area contributed by atoms with Crippen molar-refractivity contribution in [1.82, 2.24) is 0 Å². The molecule has 1 aliphatic heterocycles. The van der Waals surface area contributed by atoms with E-state index in [1.165, 1.54) is 11.3 Å². The zero-order chi connectivity index (χ0) is 13.0. The molecule has 94 valence electrons. The van der Waals surface area contributed by atoms with Gasteiger partial charge in [-0.1, -0.05) is 6.92 Å². The number of rotatable bonds is 3. The molecule has 0 aromatic carbocycles. The lowest BCUT2D eigenvalue weighted by molar-refractivity contribution is -0.123. The molecule has 2 amide bonds. The fraction of sp³-hybridized carbons (Fsp3) is 0.417. The van der Waals surface area contributed by atoms with Crippen molar-refractivity contribution in [3.8, 4) is 0 Å². The number of imide groups is 1. The van der Waals surface area contributed by atoms with E-state index in [1.54, 1.807) is 6.07 Å². The number of piperidine rings is 1. The molecule has 2 unspecified atom stereocenters. The molecule has 2 heterocycles. The third-order valence-electron chi connectivity index (χ3n) is 3.41. The summed E-state index contributed by atoms with van der Waals surface area (Å²) in [6.07, 6.45) is 1.32. The predicted octanol–water partition coefficient (Wildman–Crippen LogP) is 1.52. The third-order valence-corrected chi connectivity index (χ3v) is 4.68. The highest BCUT2D eigenvalue weighted by atomic mass is 32.1. The highest BCUT2D eigenvalue weighted by Gasteiger charge is 2.60. The van der Waals surface area contributed by atoms with E-state index in [-0.39, 0.29) is 34.2 Å². The molecule has 1 saturated carbocycles. The van der Waals surface area contributed by atoms with Gasteiger partial charge in [-0.05, 0) is 18.9 Å². The van der Waals surface area contributed by atoms with E-state index in [4.69, 9.17) is 5.11 Å². The highest BCUT2D eigenvalue weighted by molar-refractivity contribution is 7.17. The Morgan fingerprint density at radius 2 is 2.06 bits per heavy atom. The lowest BCUT2D eigenvalue weighted by atomic mass is 10.2. The summed E-state index contributed by atoms with van der Waals surface area (Å²) in [5.74, 6) is -1.98. The van der Waals surface area contributed by atoms with Crippen molar-refractivity contribution in [3.63, 3.8) is 0 Å². The van der Waals surface area contributed by atoms with E-state index in [2.05, 4.69) is 0 Å². The zero-order valence-corrected chi connectivity index (χ0v) is 10.5. The minimum Gasteiger partial charge on any atom is -0.478 e. The molecule has 1 aromatic heterocycles. The summed E-state index contributed by atoms with van der Waals surface area (Å²) >= 11 is 1.22. The summed E-state index contributed by atoms with van der Waals surface area (Å²) in [5.41, 5.74) is 0.0554. The molecular formula is C12H11NO4S. The summed E-state index contributed by atoms with van der Waals surface area (Å²) in [5, 5.41) is 9.42. The maximum absolute atomic E-state index is 11.9. The Kier molecular flexibility index (Phi) is 2.31. The lowest BCUT2D eigenvalue weighted by Gasteiger charge is -2.14. The Balaban J connectivity index is 2.06. The molecule has 0 bridgehead atoms. The fourth-order valence-electron chi connectivity index (χ4n) is 2.31. The number of amides is 2. The van der Waals surface area contributed by atoms with Crippen LogP contribution in [0.3, 0.4) is 0 Å². The molecule has 0 spiro atoms. The molecule has 1 aromatic rings. The van der Waals surface area contributed by atoms with Crippen LogP contribution in [-0.2, 0) is 16.0 Å². The number of hydrogen-bond donors (Lipinski definition) is 1. The number of anilines is 1. The van der Waals surface area contributed by atoms with Crippen LogP contribution >= 0.6 is 11.3 Å². The van der Waals surface area contributed by atoms with Crippen LogP contribution < -0.4 is 4.90 Å². The van der Waals surface area contributed by atoms with Crippen LogP contribution in [0.25, 0.3) is 0 Å². The van der Waals surface area contributed by atoms with Gasteiger partial charge in [-0.3, -0.25) is 9.59 Å². The summed E-state index contributed by atoms with van der Waals surface area (Å²) in [7, 11) is 0. The second-order valence-electron chi connectivity index (χ2n) is 4.55. The van der Waals surface area contributed by atoms with Crippen LogP contribution in [0.5, 0.6) is 0 Å². The number of carbonyl (C=O) groups is 3. The van der Waals surface area contributed by atoms with Crippen LogP contribution in [0.2, 0.25) is 0 Å². The Hall–Kier alpha value is -1.69. The third kappa shape index (κ3) is 1.42. The van der Waals surface area contributed by atoms with E-state index in [1.807, 2.05) is 6.92 Å². The van der Waals surface area contributed by atoms with Crippen molar-refractivity contribution in [2.75, 3.05) is 4.90 Å². The molecule has 1 N–H and O–H groups in total. The van der Waals surface area contributed by atoms with Gasteiger partial charge in [0.15, 0.2) is 0 Å². The average molecular weight is 265 g/mol. The van der Waals surface area contributed by atoms with Crippen molar-refractivity contribution in [2.45, 2.75) is 19.8 Å². The smallest absolute Gasteiger partial charge is 0.338 e. The lowest BCUT2D eigenvalue weighted by Crippen LogP contribution is -2.33.